The fraction of sp³-hybridized carbons (Fsp3) is 0.190. The van der Waals surface area contributed by atoms with E-state index in [2.05, 4.69) is 32.7 Å². The molecule has 1 aromatic heterocycles. The first-order chi connectivity index (χ1) is 13.1. The predicted octanol–water partition coefficient (Wildman–Crippen LogP) is 4.54. The second kappa shape index (κ2) is 9.14. The van der Waals surface area contributed by atoms with Gasteiger partial charge in [-0.2, -0.15) is 0 Å². The Morgan fingerprint density at radius 2 is 1.81 bits per heavy atom. The highest BCUT2D eigenvalue weighted by Crippen LogP contribution is 2.21. The van der Waals surface area contributed by atoms with Gasteiger partial charge in [0.25, 0.3) is 5.91 Å². The van der Waals surface area contributed by atoms with Crippen LogP contribution >= 0.6 is 11.6 Å². The van der Waals surface area contributed by atoms with Crippen molar-refractivity contribution in [3.8, 4) is 0 Å². The van der Waals surface area contributed by atoms with Crippen LogP contribution in [0.1, 0.15) is 27.9 Å². The normalized spacial score (nSPS) is 10.4. The second-order valence-corrected chi connectivity index (χ2v) is 6.64. The lowest BCUT2D eigenvalue weighted by atomic mass is 10.1. The standard InChI is InChI=1S/C21H21ClN4O/c1-15-9-10-18(12-19(15)22)26-21-24-13-17(14-25-21)20(27)23-11-5-8-16-6-3-2-4-7-16/h2-4,6-7,9-10,12-14H,5,8,11H2,1H3,(H,23,27)(H,24,25,26). The van der Waals surface area contributed by atoms with Gasteiger partial charge in [0.15, 0.2) is 0 Å². The number of nitrogens with zero attached hydrogens (tertiary/aromatic N) is 2. The summed E-state index contributed by atoms with van der Waals surface area (Å²) in [5.41, 5.74) is 3.50. The van der Waals surface area contributed by atoms with Gasteiger partial charge in [-0.15, -0.1) is 0 Å². The average molecular weight is 381 g/mol. The maximum atomic E-state index is 12.2. The van der Waals surface area contributed by atoms with Gasteiger partial charge >= 0.3 is 0 Å². The SMILES string of the molecule is Cc1ccc(Nc2ncc(C(=O)NCCCc3ccccc3)cn2)cc1Cl. The van der Waals surface area contributed by atoms with Crippen LogP contribution in [0.3, 0.4) is 0 Å². The third-order valence-corrected chi connectivity index (χ3v) is 4.52. The van der Waals surface area contributed by atoms with Gasteiger partial charge in [0.1, 0.15) is 0 Å². The minimum Gasteiger partial charge on any atom is -0.352 e. The van der Waals surface area contributed by atoms with E-state index in [1.807, 2.05) is 43.3 Å². The zero-order valence-electron chi connectivity index (χ0n) is 15.1. The van der Waals surface area contributed by atoms with Crippen molar-refractivity contribution >= 4 is 29.1 Å². The molecule has 0 saturated heterocycles. The van der Waals surface area contributed by atoms with Crippen molar-refractivity contribution in [2.75, 3.05) is 11.9 Å². The molecule has 2 aromatic carbocycles. The molecular formula is C21H21ClN4O. The van der Waals surface area contributed by atoms with E-state index in [1.54, 1.807) is 0 Å². The number of aromatic nitrogens is 2. The van der Waals surface area contributed by atoms with Crippen molar-refractivity contribution in [3.63, 3.8) is 0 Å². The molecule has 3 rings (SSSR count). The van der Waals surface area contributed by atoms with E-state index in [4.69, 9.17) is 11.6 Å². The Hall–Kier alpha value is -2.92. The molecule has 0 aliphatic heterocycles. The smallest absolute Gasteiger partial charge is 0.254 e. The Balaban J connectivity index is 1.48. The minimum atomic E-state index is -0.173. The van der Waals surface area contributed by atoms with Gasteiger partial charge in [-0.1, -0.05) is 48.0 Å². The van der Waals surface area contributed by atoms with Crippen molar-refractivity contribution < 1.29 is 4.79 Å². The summed E-state index contributed by atoms with van der Waals surface area (Å²) in [6.45, 7) is 2.55. The first-order valence-corrected chi connectivity index (χ1v) is 9.17. The molecule has 0 aliphatic rings. The van der Waals surface area contributed by atoms with Crippen LogP contribution in [-0.2, 0) is 6.42 Å². The van der Waals surface area contributed by atoms with Crippen molar-refractivity contribution in [2.24, 2.45) is 0 Å². The number of aryl methyl sites for hydroxylation is 2. The number of carbonyl (C=O) groups excluding carboxylic acids is 1. The number of amides is 1. The molecule has 0 radical (unpaired) electrons. The summed E-state index contributed by atoms with van der Waals surface area (Å²) in [7, 11) is 0. The molecule has 6 heteroatoms. The van der Waals surface area contributed by atoms with Crippen LogP contribution in [0, 0.1) is 6.92 Å². The molecule has 0 spiro atoms. The van der Waals surface area contributed by atoms with Crippen LogP contribution in [0.15, 0.2) is 60.9 Å². The second-order valence-electron chi connectivity index (χ2n) is 6.23. The summed E-state index contributed by atoms with van der Waals surface area (Å²) in [5, 5.41) is 6.64. The molecule has 2 N–H and O–H groups in total. The lowest BCUT2D eigenvalue weighted by Gasteiger charge is -2.08. The van der Waals surface area contributed by atoms with Crippen LogP contribution in [0.4, 0.5) is 11.6 Å². The molecule has 0 fully saturated rings. The Morgan fingerprint density at radius 1 is 1.07 bits per heavy atom. The maximum Gasteiger partial charge on any atom is 0.254 e. The van der Waals surface area contributed by atoms with Crippen LogP contribution in [0.2, 0.25) is 5.02 Å². The van der Waals surface area contributed by atoms with Crippen molar-refractivity contribution in [2.45, 2.75) is 19.8 Å². The Bertz CT molecular complexity index is 898. The summed E-state index contributed by atoms with van der Waals surface area (Å²) in [6, 6.07) is 15.8. The van der Waals surface area contributed by atoms with E-state index >= 15 is 0 Å². The van der Waals surface area contributed by atoms with Crippen LogP contribution in [-0.4, -0.2) is 22.4 Å². The number of halogens is 1. The van der Waals surface area contributed by atoms with E-state index in [1.165, 1.54) is 18.0 Å². The number of hydrogen-bond acceptors (Lipinski definition) is 4. The van der Waals surface area contributed by atoms with E-state index in [0.29, 0.717) is 23.1 Å². The number of anilines is 2. The molecular weight excluding hydrogens is 360 g/mol. The lowest BCUT2D eigenvalue weighted by molar-refractivity contribution is 0.0952. The van der Waals surface area contributed by atoms with Gasteiger partial charge in [0, 0.05) is 29.6 Å². The minimum absolute atomic E-state index is 0.173. The largest absolute Gasteiger partial charge is 0.352 e. The van der Waals surface area contributed by atoms with Gasteiger partial charge in [-0.3, -0.25) is 4.79 Å². The van der Waals surface area contributed by atoms with E-state index in [-0.39, 0.29) is 5.91 Å². The number of rotatable bonds is 7. The molecule has 5 nitrogen and oxygen atoms in total. The fourth-order valence-electron chi connectivity index (χ4n) is 2.55. The number of hydrogen-bond donors (Lipinski definition) is 2. The lowest BCUT2D eigenvalue weighted by Crippen LogP contribution is -2.25. The zero-order chi connectivity index (χ0) is 19.1. The van der Waals surface area contributed by atoms with Gasteiger partial charge in [0.05, 0.1) is 5.56 Å². The summed E-state index contributed by atoms with van der Waals surface area (Å²) in [4.78, 5) is 20.6. The van der Waals surface area contributed by atoms with Gasteiger partial charge in [-0.25, -0.2) is 9.97 Å². The van der Waals surface area contributed by atoms with E-state index in [0.717, 1.165) is 24.1 Å². The van der Waals surface area contributed by atoms with Crippen LogP contribution in [0.25, 0.3) is 0 Å². The molecule has 27 heavy (non-hydrogen) atoms. The average Bonchev–Trinajstić information content (AvgIpc) is 2.69. The summed E-state index contributed by atoms with van der Waals surface area (Å²) in [6.07, 6.45) is 4.83. The zero-order valence-corrected chi connectivity index (χ0v) is 15.8. The predicted molar refractivity (Wildman–Crippen MR) is 109 cm³/mol. The molecule has 138 valence electrons. The molecule has 1 amide bonds. The first-order valence-electron chi connectivity index (χ1n) is 8.79. The van der Waals surface area contributed by atoms with Crippen molar-refractivity contribution in [3.05, 3.63) is 82.6 Å². The molecule has 1 heterocycles. The summed E-state index contributed by atoms with van der Waals surface area (Å²) in [5.74, 6) is 0.239. The van der Waals surface area contributed by atoms with Gasteiger partial charge < -0.3 is 10.6 Å². The van der Waals surface area contributed by atoms with Crippen molar-refractivity contribution in [1.29, 1.82) is 0 Å². The third-order valence-electron chi connectivity index (χ3n) is 4.11. The van der Waals surface area contributed by atoms with Gasteiger partial charge in [0.2, 0.25) is 5.95 Å². The molecule has 0 unspecified atom stereocenters. The van der Waals surface area contributed by atoms with E-state index < -0.39 is 0 Å². The topological polar surface area (TPSA) is 66.9 Å². The number of carbonyl (C=O) groups is 1. The molecule has 0 atom stereocenters. The summed E-state index contributed by atoms with van der Waals surface area (Å²) < 4.78 is 0. The van der Waals surface area contributed by atoms with Crippen LogP contribution in [0.5, 0.6) is 0 Å². The Kier molecular flexibility index (Phi) is 6.39. The highest BCUT2D eigenvalue weighted by Gasteiger charge is 2.07. The highest BCUT2D eigenvalue weighted by atomic mass is 35.5. The number of benzene rings is 2. The monoisotopic (exact) mass is 380 g/mol. The molecule has 3 aromatic rings. The fourth-order valence-corrected chi connectivity index (χ4v) is 2.73. The van der Waals surface area contributed by atoms with E-state index in [9.17, 15) is 4.79 Å². The highest BCUT2D eigenvalue weighted by molar-refractivity contribution is 6.31. The molecule has 0 aliphatic carbocycles. The van der Waals surface area contributed by atoms with Crippen LogP contribution < -0.4 is 10.6 Å². The summed E-state index contributed by atoms with van der Waals surface area (Å²) >= 11 is 6.11. The number of nitrogens with one attached hydrogen (secondary N) is 2. The Labute approximate surface area is 163 Å². The van der Waals surface area contributed by atoms with Crippen molar-refractivity contribution in [1.82, 2.24) is 15.3 Å². The Morgan fingerprint density at radius 3 is 2.52 bits per heavy atom. The quantitative estimate of drug-likeness (QED) is 0.590. The van der Waals surface area contributed by atoms with Gasteiger partial charge in [-0.05, 0) is 43.0 Å². The molecule has 0 bridgehead atoms. The third kappa shape index (κ3) is 5.53. The molecule has 0 saturated carbocycles. The first kappa shape index (κ1) is 18.9. The maximum absolute atomic E-state index is 12.2.